The van der Waals surface area contributed by atoms with Crippen LogP contribution in [0.25, 0.3) is 0 Å². The van der Waals surface area contributed by atoms with Gasteiger partial charge in [-0.15, -0.1) is 0 Å². The standard InChI is InChI=1S/C17H25N3O4S/c1-3-4-14-5-6-15(24-14)11-19-7-8-20-13(10-19)9-16(18-20)17(21)12-25(2,22)23/h5-6,9,17,21H,3-4,7-8,10-12H2,1-2H3. The number of rotatable bonds is 7. The fourth-order valence-electron chi connectivity index (χ4n) is 3.12. The van der Waals surface area contributed by atoms with Crippen molar-refractivity contribution in [1.82, 2.24) is 14.7 Å². The summed E-state index contributed by atoms with van der Waals surface area (Å²) < 4.78 is 30.4. The van der Waals surface area contributed by atoms with Gasteiger partial charge in [-0.1, -0.05) is 6.92 Å². The van der Waals surface area contributed by atoms with Crippen molar-refractivity contribution in [1.29, 1.82) is 0 Å². The number of sulfone groups is 1. The molecule has 3 heterocycles. The van der Waals surface area contributed by atoms with Gasteiger partial charge in [-0.3, -0.25) is 9.58 Å². The predicted octanol–water partition coefficient (Wildman–Crippen LogP) is 1.52. The highest BCUT2D eigenvalue weighted by molar-refractivity contribution is 7.90. The van der Waals surface area contributed by atoms with E-state index in [4.69, 9.17) is 4.42 Å². The Morgan fingerprint density at radius 1 is 1.32 bits per heavy atom. The van der Waals surface area contributed by atoms with Crippen LogP contribution in [0.3, 0.4) is 0 Å². The second-order valence-corrected chi connectivity index (χ2v) is 8.91. The Morgan fingerprint density at radius 2 is 2.08 bits per heavy atom. The number of aryl methyl sites for hydroxylation is 1. The number of nitrogens with zero attached hydrogens (tertiary/aromatic N) is 3. The highest BCUT2D eigenvalue weighted by Gasteiger charge is 2.23. The first-order valence-corrected chi connectivity index (χ1v) is 10.6. The van der Waals surface area contributed by atoms with Crippen LogP contribution in [0.5, 0.6) is 0 Å². The maximum atomic E-state index is 11.3. The molecule has 138 valence electrons. The summed E-state index contributed by atoms with van der Waals surface area (Å²) in [5.74, 6) is 1.67. The minimum absolute atomic E-state index is 0.306. The monoisotopic (exact) mass is 367 g/mol. The second-order valence-electron chi connectivity index (χ2n) is 6.72. The molecule has 0 fully saturated rings. The van der Waals surface area contributed by atoms with E-state index in [0.29, 0.717) is 18.8 Å². The normalized spacial score (nSPS) is 16.8. The molecular formula is C17H25N3O4S. The number of hydrogen-bond donors (Lipinski definition) is 1. The van der Waals surface area contributed by atoms with Crippen LogP contribution in [-0.4, -0.2) is 46.8 Å². The Labute approximate surface area is 148 Å². The molecule has 0 saturated heterocycles. The first kappa shape index (κ1) is 18.2. The van der Waals surface area contributed by atoms with E-state index in [0.717, 1.165) is 49.4 Å². The van der Waals surface area contributed by atoms with Crippen LogP contribution in [0.4, 0.5) is 0 Å². The van der Waals surface area contributed by atoms with Crippen molar-refractivity contribution in [3.63, 3.8) is 0 Å². The Hall–Kier alpha value is -1.64. The minimum atomic E-state index is -3.25. The SMILES string of the molecule is CCCc1ccc(CN2CCn3nc(C(O)CS(C)(=O)=O)cc3C2)o1. The van der Waals surface area contributed by atoms with Crippen LogP contribution in [0.2, 0.25) is 0 Å². The molecule has 7 nitrogen and oxygen atoms in total. The fraction of sp³-hybridized carbons (Fsp3) is 0.588. The van der Waals surface area contributed by atoms with E-state index in [1.54, 1.807) is 6.07 Å². The van der Waals surface area contributed by atoms with Crippen LogP contribution < -0.4 is 0 Å². The third kappa shape index (κ3) is 4.71. The van der Waals surface area contributed by atoms with E-state index in [1.807, 2.05) is 16.8 Å². The Bertz CT molecular complexity index is 825. The van der Waals surface area contributed by atoms with E-state index in [2.05, 4.69) is 16.9 Å². The molecular weight excluding hydrogens is 342 g/mol. The smallest absolute Gasteiger partial charge is 0.150 e. The van der Waals surface area contributed by atoms with Gasteiger partial charge in [-0.25, -0.2) is 8.42 Å². The number of furan rings is 1. The van der Waals surface area contributed by atoms with Crippen molar-refractivity contribution in [3.05, 3.63) is 41.1 Å². The zero-order chi connectivity index (χ0) is 18.0. The number of aliphatic hydroxyl groups excluding tert-OH is 1. The summed E-state index contributed by atoms with van der Waals surface area (Å²) in [6.45, 7) is 5.10. The zero-order valence-corrected chi connectivity index (χ0v) is 15.5. The van der Waals surface area contributed by atoms with Gasteiger partial charge in [0.25, 0.3) is 0 Å². The number of hydrogen-bond acceptors (Lipinski definition) is 6. The Morgan fingerprint density at radius 3 is 2.80 bits per heavy atom. The van der Waals surface area contributed by atoms with E-state index in [1.165, 1.54) is 0 Å². The van der Waals surface area contributed by atoms with Gasteiger partial charge >= 0.3 is 0 Å². The second kappa shape index (κ2) is 7.31. The molecule has 0 aliphatic carbocycles. The average Bonchev–Trinajstić information content (AvgIpc) is 3.12. The van der Waals surface area contributed by atoms with Gasteiger partial charge in [0.15, 0.2) is 0 Å². The predicted molar refractivity (Wildman–Crippen MR) is 93.7 cm³/mol. The topological polar surface area (TPSA) is 88.6 Å². The molecule has 1 unspecified atom stereocenters. The van der Waals surface area contributed by atoms with E-state index < -0.39 is 15.9 Å². The third-order valence-electron chi connectivity index (χ3n) is 4.29. The zero-order valence-electron chi connectivity index (χ0n) is 14.7. The molecule has 0 saturated carbocycles. The number of aliphatic hydroxyl groups is 1. The lowest BCUT2D eigenvalue weighted by atomic mass is 10.2. The van der Waals surface area contributed by atoms with Gasteiger partial charge in [0.05, 0.1) is 30.2 Å². The first-order chi connectivity index (χ1) is 11.8. The Kier molecular flexibility index (Phi) is 5.31. The largest absolute Gasteiger partial charge is 0.465 e. The van der Waals surface area contributed by atoms with Crippen LogP contribution in [-0.2, 0) is 35.9 Å². The number of fused-ring (bicyclic) bond motifs is 1. The lowest BCUT2D eigenvalue weighted by Crippen LogP contribution is -2.33. The summed E-state index contributed by atoms with van der Waals surface area (Å²) in [4.78, 5) is 2.26. The van der Waals surface area contributed by atoms with Crippen molar-refractivity contribution in [2.24, 2.45) is 0 Å². The van der Waals surface area contributed by atoms with Crippen molar-refractivity contribution in [2.45, 2.75) is 45.5 Å². The lowest BCUT2D eigenvalue weighted by Gasteiger charge is -2.26. The van der Waals surface area contributed by atoms with Crippen LogP contribution >= 0.6 is 0 Å². The summed E-state index contributed by atoms with van der Waals surface area (Å²) >= 11 is 0. The molecule has 1 atom stereocenters. The fourth-order valence-corrected chi connectivity index (χ4v) is 3.87. The molecule has 8 heteroatoms. The van der Waals surface area contributed by atoms with E-state index in [-0.39, 0.29) is 5.75 Å². The van der Waals surface area contributed by atoms with Crippen molar-refractivity contribution in [2.75, 3.05) is 18.6 Å². The third-order valence-corrected chi connectivity index (χ3v) is 5.21. The average molecular weight is 367 g/mol. The molecule has 1 N–H and O–H groups in total. The van der Waals surface area contributed by atoms with Gasteiger partial charge in [0.2, 0.25) is 0 Å². The molecule has 2 aromatic heterocycles. The summed E-state index contributed by atoms with van der Waals surface area (Å²) in [7, 11) is -3.25. The highest BCUT2D eigenvalue weighted by Crippen LogP contribution is 2.21. The molecule has 2 aromatic rings. The molecule has 1 aliphatic rings. The van der Waals surface area contributed by atoms with Crippen molar-refractivity contribution >= 4 is 9.84 Å². The molecule has 0 aromatic carbocycles. The minimum Gasteiger partial charge on any atom is -0.465 e. The molecule has 0 radical (unpaired) electrons. The first-order valence-electron chi connectivity index (χ1n) is 8.56. The summed E-state index contributed by atoms with van der Waals surface area (Å²) in [6.07, 6.45) is 2.05. The van der Waals surface area contributed by atoms with Crippen LogP contribution in [0.15, 0.2) is 22.6 Å². The van der Waals surface area contributed by atoms with Gasteiger partial charge in [-0.2, -0.15) is 5.10 Å². The summed E-state index contributed by atoms with van der Waals surface area (Å²) in [5.41, 5.74) is 1.40. The summed E-state index contributed by atoms with van der Waals surface area (Å²) in [5, 5.41) is 14.4. The quantitative estimate of drug-likeness (QED) is 0.798. The molecule has 0 amide bonds. The molecule has 25 heavy (non-hydrogen) atoms. The molecule has 3 rings (SSSR count). The van der Waals surface area contributed by atoms with E-state index >= 15 is 0 Å². The highest BCUT2D eigenvalue weighted by atomic mass is 32.2. The van der Waals surface area contributed by atoms with Crippen LogP contribution in [0.1, 0.15) is 42.4 Å². The van der Waals surface area contributed by atoms with Crippen molar-refractivity contribution in [3.8, 4) is 0 Å². The van der Waals surface area contributed by atoms with Gasteiger partial charge in [-0.05, 0) is 24.6 Å². The molecule has 0 bridgehead atoms. The number of aromatic nitrogens is 2. The lowest BCUT2D eigenvalue weighted by molar-refractivity contribution is 0.184. The van der Waals surface area contributed by atoms with E-state index in [9.17, 15) is 13.5 Å². The van der Waals surface area contributed by atoms with Gasteiger partial charge < -0.3 is 9.52 Å². The van der Waals surface area contributed by atoms with Gasteiger partial charge in [0.1, 0.15) is 27.5 Å². The summed E-state index contributed by atoms with van der Waals surface area (Å²) in [6, 6.07) is 5.86. The maximum absolute atomic E-state index is 11.3. The molecule has 0 spiro atoms. The Balaban J connectivity index is 1.64. The molecule has 1 aliphatic heterocycles. The van der Waals surface area contributed by atoms with Crippen molar-refractivity contribution < 1.29 is 17.9 Å². The van der Waals surface area contributed by atoms with Crippen LogP contribution in [0, 0.1) is 0 Å². The maximum Gasteiger partial charge on any atom is 0.150 e. The van der Waals surface area contributed by atoms with Gasteiger partial charge in [0, 0.05) is 25.8 Å².